The molecule has 0 amide bonds. The summed E-state index contributed by atoms with van der Waals surface area (Å²) >= 11 is 0. The van der Waals surface area contributed by atoms with Crippen molar-refractivity contribution < 1.29 is 22.8 Å². The third-order valence-corrected chi connectivity index (χ3v) is 0.775. The minimum atomic E-state index is -5.40. The van der Waals surface area contributed by atoms with Gasteiger partial charge in [-0.1, -0.05) is 0 Å². The Bertz CT molecular complexity index is 121. The van der Waals surface area contributed by atoms with E-state index in [1.807, 2.05) is 0 Å². The van der Waals surface area contributed by atoms with Crippen molar-refractivity contribution in [2.75, 3.05) is 0 Å². The van der Waals surface area contributed by atoms with Crippen LogP contribution in [0.15, 0.2) is 0 Å². The number of halogens is 3. The normalized spacial score (nSPS) is 15.2. The molecule has 0 rings (SSSR count). The summed E-state index contributed by atoms with van der Waals surface area (Å²) in [6.07, 6.45) is 0. The van der Waals surface area contributed by atoms with Crippen LogP contribution in [0.5, 0.6) is 0 Å². The highest BCUT2D eigenvalue weighted by Crippen LogP contribution is 2.13. The summed E-state index contributed by atoms with van der Waals surface area (Å²) in [5.74, 6) is -1.26. The van der Waals surface area contributed by atoms with Gasteiger partial charge in [0.05, 0.1) is 6.00 Å². The number of aliphatic hydroxyl groups is 1. The minimum absolute atomic E-state index is 0.694. The van der Waals surface area contributed by atoms with E-state index in [9.17, 15) is 17.7 Å². The van der Waals surface area contributed by atoms with Crippen LogP contribution in [0.2, 0.25) is 0 Å². The van der Waals surface area contributed by atoms with E-state index in [0.717, 1.165) is 0 Å². The third kappa shape index (κ3) is 2.50. The van der Waals surface area contributed by atoms with Gasteiger partial charge < -0.3 is 22.8 Å². The first kappa shape index (κ1) is 8.48. The molecule has 0 saturated heterocycles. The Kier molecular flexibility index (Phi) is 2.25. The van der Waals surface area contributed by atoms with Crippen LogP contribution in [0.3, 0.4) is 0 Å². The van der Waals surface area contributed by atoms with Crippen molar-refractivity contribution in [1.82, 2.24) is 0 Å². The molecule has 6 heteroatoms. The molecule has 0 radical (unpaired) electrons. The van der Waals surface area contributed by atoms with E-state index in [1.54, 1.807) is 0 Å². The lowest BCUT2D eigenvalue weighted by molar-refractivity contribution is -0.122. The molecule has 1 N–H and O–H groups in total. The number of Topliss-reactive ketones (excluding diaryl/α,β-unsaturated/α-hetero) is 1. The van der Waals surface area contributed by atoms with E-state index in [2.05, 4.69) is 0 Å². The Morgan fingerprint density at radius 1 is 1.56 bits per heavy atom. The summed E-state index contributed by atoms with van der Waals surface area (Å²) in [7, 11) is 0. The fourth-order valence-corrected chi connectivity index (χ4v) is 0.266. The fraction of sp³-hybridized carbons (Fsp3) is 0.667. The predicted molar refractivity (Wildman–Crippen MR) is 25.8 cm³/mol. The van der Waals surface area contributed by atoms with Gasteiger partial charge in [0.15, 0.2) is 0 Å². The average Bonchev–Trinajstić information content (AvgIpc) is 1.62. The Hall–Kier alpha value is -0.515. The maximum absolute atomic E-state index is 11.3. The number of rotatable bonds is 2. The third-order valence-electron chi connectivity index (χ3n) is 0.775. The van der Waals surface area contributed by atoms with Crippen molar-refractivity contribution in [3.63, 3.8) is 0 Å². The SMILES string of the molecule is CC(=O)C(O)[B-](F)(F)F. The number of ketones is 1. The first-order chi connectivity index (χ1) is 3.85. The van der Waals surface area contributed by atoms with Crippen LogP contribution in [-0.4, -0.2) is 23.9 Å². The van der Waals surface area contributed by atoms with Crippen molar-refractivity contribution in [2.45, 2.75) is 12.9 Å². The Balaban J connectivity index is 4.04. The molecule has 0 aromatic heterocycles. The van der Waals surface area contributed by atoms with Crippen LogP contribution in [0.1, 0.15) is 6.92 Å². The highest BCUT2D eigenvalue weighted by molar-refractivity contribution is 6.64. The molecule has 54 valence electrons. The van der Waals surface area contributed by atoms with Crippen molar-refractivity contribution in [1.29, 1.82) is 0 Å². The fourth-order valence-electron chi connectivity index (χ4n) is 0.266. The molecule has 0 aliphatic carbocycles. The van der Waals surface area contributed by atoms with Crippen LogP contribution < -0.4 is 0 Å². The average molecular weight is 141 g/mol. The van der Waals surface area contributed by atoms with Crippen LogP contribution in [0.4, 0.5) is 12.9 Å². The van der Waals surface area contributed by atoms with Gasteiger partial charge in [-0.25, -0.2) is 0 Å². The number of hydrogen-bond acceptors (Lipinski definition) is 2. The molecule has 0 aliphatic heterocycles. The minimum Gasteiger partial charge on any atom is -0.447 e. The largest absolute Gasteiger partial charge is 0.513 e. The molecule has 0 bridgehead atoms. The van der Waals surface area contributed by atoms with E-state index in [1.165, 1.54) is 0 Å². The topological polar surface area (TPSA) is 37.3 Å². The number of carbonyl (C=O) groups is 1. The van der Waals surface area contributed by atoms with Gasteiger partial charge in [-0.3, -0.25) is 0 Å². The maximum atomic E-state index is 11.3. The Labute approximate surface area is 49.7 Å². The molecule has 0 aliphatic rings. The lowest BCUT2D eigenvalue weighted by atomic mass is 9.80. The Morgan fingerprint density at radius 3 is 1.89 bits per heavy atom. The summed E-state index contributed by atoms with van der Waals surface area (Å²) in [5.41, 5.74) is 0. The van der Waals surface area contributed by atoms with Crippen LogP contribution in [-0.2, 0) is 4.79 Å². The summed E-state index contributed by atoms with van der Waals surface area (Å²) in [6, 6.07) is -2.76. The molecule has 9 heavy (non-hydrogen) atoms. The second kappa shape index (κ2) is 2.39. The van der Waals surface area contributed by atoms with Gasteiger partial charge in [-0.15, -0.1) is 0 Å². The monoisotopic (exact) mass is 141 g/mol. The summed E-state index contributed by atoms with van der Waals surface area (Å²) < 4.78 is 33.9. The highest BCUT2D eigenvalue weighted by Gasteiger charge is 2.36. The van der Waals surface area contributed by atoms with Gasteiger partial charge in [0.25, 0.3) is 0 Å². The van der Waals surface area contributed by atoms with Gasteiger partial charge >= 0.3 is 6.98 Å². The maximum Gasteiger partial charge on any atom is 0.513 e. The molecule has 0 aromatic carbocycles. The van der Waals surface area contributed by atoms with E-state index in [4.69, 9.17) is 5.11 Å². The smallest absolute Gasteiger partial charge is 0.447 e. The lowest BCUT2D eigenvalue weighted by Gasteiger charge is -2.17. The van der Waals surface area contributed by atoms with Gasteiger partial charge in [0.1, 0.15) is 5.78 Å². The van der Waals surface area contributed by atoms with Gasteiger partial charge in [0, 0.05) is 0 Å². The van der Waals surface area contributed by atoms with E-state index < -0.39 is 18.8 Å². The zero-order valence-corrected chi connectivity index (χ0v) is 4.64. The molecule has 1 unspecified atom stereocenters. The van der Waals surface area contributed by atoms with Crippen LogP contribution in [0, 0.1) is 0 Å². The first-order valence-electron chi connectivity index (χ1n) is 2.24. The molecule has 1 atom stereocenters. The molecule has 0 fully saturated rings. The quantitative estimate of drug-likeness (QED) is 0.562. The van der Waals surface area contributed by atoms with Crippen molar-refractivity contribution in [3.05, 3.63) is 0 Å². The summed E-state index contributed by atoms with van der Waals surface area (Å²) in [4.78, 5) is 9.84. The van der Waals surface area contributed by atoms with Crippen molar-refractivity contribution in [2.24, 2.45) is 0 Å². The lowest BCUT2D eigenvalue weighted by Crippen LogP contribution is -2.40. The molecule has 0 aromatic rings. The molecular weight excluding hydrogens is 136 g/mol. The molecule has 0 spiro atoms. The van der Waals surface area contributed by atoms with Crippen LogP contribution >= 0.6 is 0 Å². The molecule has 0 heterocycles. The predicted octanol–water partition coefficient (Wildman–Crippen LogP) is 0.323. The summed E-state index contributed by atoms with van der Waals surface area (Å²) in [5, 5.41) is 8.02. The number of hydrogen-bond donors (Lipinski definition) is 1. The highest BCUT2D eigenvalue weighted by atomic mass is 19.4. The van der Waals surface area contributed by atoms with Gasteiger partial charge in [-0.05, 0) is 6.92 Å². The second-order valence-corrected chi connectivity index (χ2v) is 1.68. The molecule has 2 nitrogen and oxygen atoms in total. The molecular formula is C3H5BF3O2-. The zero-order chi connectivity index (χ0) is 7.65. The molecule has 0 saturated carbocycles. The first-order valence-corrected chi connectivity index (χ1v) is 2.24. The second-order valence-electron chi connectivity index (χ2n) is 1.68. The Morgan fingerprint density at radius 2 is 1.89 bits per heavy atom. The number of carbonyl (C=O) groups excluding carboxylic acids is 1. The van der Waals surface area contributed by atoms with Crippen molar-refractivity contribution in [3.8, 4) is 0 Å². The van der Waals surface area contributed by atoms with E-state index in [-0.39, 0.29) is 0 Å². The summed E-state index contributed by atoms with van der Waals surface area (Å²) in [6.45, 7) is -4.71. The van der Waals surface area contributed by atoms with E-state index >= 15 is 0 Å². The van der Waals surface area contributed by atoms with Gasteiger partial charge in [-0.2, -0.15) is 0 Å². The van der Waals surface area contributed by atoms with Crippen LogP contribution in [0.25, 0.3) is 0 Å². The van der Waals surface area contributed by atoms with Crippen molar-refractivity contribution >= 4 is 12.8 Å². The van der Waals surface area contributed by atoms with E-state index in [0.29, 0.717) is 6.92 Å². The zero-order valence-electron chi connectivity index (χ0n) is 4.64. The van der Waals surface area contributed by atoms with Gasteiger partial charge in [0.2, 0.25) is 0 Å². The standard InChI is InChI=1S/C3H5BF3O2/c1-2(8)3(9)4(5,6)7/h3,9H,1H3/q-1. The number of aliphatic hydroxyl groups excluding tert-OH is 1.